The zero-order chi connectivity index (χ0) is 16.4. The first-order chi connectivity index (χ1) is 11.1. The summed E-state index contributed by atoms with van der Waals surface area (Å²) < 4.78 is 20.9. The number of ketones is 1. The van der Waals surface area contributed by atoms with E-state index < -0.39 is 0 Å². The highest BCUT2D eigenvalue weighted by atomic mass is 19.1. The maximum absolute atomic E-state index is 13.1. The van der Waals surface area contributed by atoms with E-state index in [1.165, 1.54) is 37.8 Å². The second kappa shape index (κ2) is 6.57. The van der Waals surface area contributed by atoms with Crippen LogP contribution in [0.5, 0.6) is 5.75 Å². The Morgan fingerprint density at radius 1 is 1.26 bits per heavy atom. The molecule has 122 valence electrons. The zero-order valence-corrected chi connectivity index (χ0v) is 13.6. The quantitative estimate of drug-likeness (QED) is 0.754. The molecule has 4 heteroatoms. The van der Waals surface area contributed by atoms with E-state index >= 15 is 0 Å². The minimum Gasteiger partial charge on any atom is -0.485 e. The maximum Gasteiger partial charge on any atom is 0.202 e. The Kier molecular flexibility index (Phi) is 4.51. The van der Waals surface area contributed by atoms with E-state index in [4.69, 9.17) is 4.74 Å². The average molecular weight is 315 g/mol. The van der Waals surface area contributed by atoms with Gasteiger partial charge in [-0.05, 0) is 44.9 Å². The van der Waals surface area contributed by atoms with Crippen molar-refractivity contribution in [2.75, 3.05) is 6.61 Å². The van der Waals surface area contributed by atoms with Gasteiger partial charge in [-0.15, -0.1) is 0 Å². The molecule has 0 atom stereocenters. The second-order valence-corrected chi connectivity index (χ2v) is 6.26. The standard InChI is InChI=1S/C19H22FNO2/c1-13-10-18(14(2)21(13)16-7-3-4-8-16)19(22)12-23-17-9-5-6-15(20)11-17/h5-6,9-11,16H,3-4,7-8,12H2,1-2H3. The van der Waals surface area contributed by atoms with Gasteiger partial charge in [0.2, 0.25) is 5.78 Å². The number of benzene rings is 1. The van der Waals surface area contributed by atoms with Gasteiger partial charge in [-0.1, -0.05) is 18.9 Å². The van der Waals surface area contributed by atoms with Crippen LogP contribution in [0.15, 0.2) is 30.3 Å². The summed E-state index contributed by atoms with van der Waals surface area (Å²) in [7, 11) is 0. The van der Waals surface area contributed by atoms with Crippen molar-refractivity contribution >= 4 is 5.78 Å². The van der Waals surface area contributed by atoms with Gasteiger partial charge in [0, 0.05) is 29.1 Å². The van der Waals surface area contributed by atoms with Crippen LogP contribution in [0.2, 0.25) is 0 Å². The summed E-state index contributed by atoms with van der Waals surface area (Å²) in [5, 5.41) is 0. The monoisotopic (exact) mass is 315 g/mol. The van der Waals surface area contributed by atoms with Gasteiger partial charge in [-0.3, -0.25) is 4.79 Å². The molecule has 0 unspecified atom stereocenters. The van der Waals surface area contributed by atoms with Gasteiger partial charge in [-0.2, -0.15) is 0 Å². The van der Waals surface area contributed by atoms with Gasteiger partial charge in [0.05, 0.1) is 0 Å². The molecule has 1 aliphatic carbocycles. The summed E-state index contributed by atoms with van der Waals surface area (Å²) >= 11 is 0. The molecule has 0 saturated heterocycles. The van der Waals surface area contributed by atoms with Crippen molar-refractivity contribution in [1.82, 2.24) is 4.57 Å². The van der Waals surface area contributed by atoms with Crippen LogP contribution < -0.4 is 4.74 Å². The summed E-state index contributed by atoms with van der Waals surface area (Å²) in [5.74, 6) is -0.0519. The Labute approximate surface area is 136 Å². The summed E-state index contributed by atoms with van der Waals surface area (Å²) in [6, 6.07) is 8.32. The fourth-order valence-electron chi connectivity index (χ4n) is 3.57. The van der Waals surface area contributed by atoms with Crippen molar-refractivity contribution in [3.05, 3.63) is 53.1 Å². The Balaban J connectivity index is 1.73. The first-order valence-electron chi connectivity index (χ1n) is 8.16. The van der Waals surface area contributed by atoms with E-state index in [0.29, 0.717) is 17.4 Å². The van der Waals surface area contributed by atoms with Crippen molar-refractivity contribution in [2.45, 2.75) is 45.6 Å². The predicted octanol–water partition coefficient (Wildman–Crippen LogP) is 4.62. The van der Waals surface area contributed by atoms with Crippen LogP contribution in [0.3, 0.4) is 0 Å². The molecule has 1 heterocycles. The SMILES string of the molecule is Cc1cc(C(=O)COc2cccc(F)c2)c(C)n1C1CCCC1. The molecule has 0 N–H and O–H groups in total. The predicted molar refractivity (Wildman–Crippen MR) is 87.6 cm³/mol. The number of ether oxygens (including phenoxy) is 1. The lowest BCUT2D eigenvalue weighted by Crippen LogP contribution is -2.14. The minimum atomic E-state index is -0.366. The molecular weight excluding hydrogens is 293 g/mol. The number of aromatic nitrogens is 1. The Bertz CT molecular complexity index is 714. The molecule has 0 aliphatic heterocycles. The lowest BCUT2D eigenvalue weighted by atomic mass is 10.1. The van der Waals surface area contributed by atoms with Gasteiger partial charge < -0.3 is 9.30 Å². The molecule has 1 aliphatic rings. The first-order valence-corrected chi connectivity index (χ1v) is 8.16. The van der Waals surface area contributed by atoms with Gasteiger partial charge >= 0.3 is 0 Å². The molecule has 0 spiro atoms. The van der Waals surface area contributed by atoms with Gasteiger partial charge in [0.15, 0.2) is 6.61 Å². The number of halogens is 1. The van der Waals surface area contributed by atoms with Gasteiger partial charge in [0.25, 0.3) is 0 Å². The highest BCUT2D eigenvalue weighted by Gasteiger charge is 2.23. The molecule has 3 nitrogen and oxygen atoms in total. The molecule has 0 bridgehead atoms. The third-order valence-corrected chi connectivity index (χ3v) is 4.64. The van der Waals surface area contributed by atoms with Crippen molar-refractivity contribution in [1.29, 1.82) is 0 Å². The Morgan fingerprint density at radius 3 is 2.70 bits per heavy atom. The molecule has 1 saturated carbocycles. The summed E-state index contributed by atoms with van der Waals surface area (Å²) in [5.41, 5.74) is 2.86. The molecule has 1 aromatic carbocycles. The number of rotatable bonds is 5. The molecular formula is C19H22FNO2. The number of carbonyl (C=O) groups is 1. The summed E-state index contributed by atoms with van der Waals surface area (Å²) in [4.78, 5) is 12.5. The van der Waals surface area contributed by atoms with Crippen molar-refractivity contribution < 1.29 is 13.9 Å². The molecule has 0 radical (unpaired) electrons. The largest absolute Gasteiger partial charge is 0.485 e. The fourth-order valence-corrected chi connectivity index (χ4v) is 3.57. The number of aryl methyl sites for hydroxylation is 1. The van der Waals surface area contributed by atoms with Crippen molar-refractivity contribution in [3.8, 4) is 5.75 Å². The lowest BCUT2D eigenvalue weighted by molar-refractivity contribution is 0.0920. The van der Waals surface area contributed by atoms with Crippen LogP contribution >= 0.6 is 0 Å². The van der Waals surface area contributed by atoms with E-state index in [2.05, 4.69) is 11.5 Å². The normalized spacial score (nSPS) is 15.1. The van der Waals surface area contributed by atoms with Crippen LogP contribution in [-0.2, 0) is 0 Å². The topological polar surface area (TPSA) is 31.2 Å². The lowest BCUT2D eigenvalue weighted by Gasteiger charge is -2.17. The molecule has 0 amide bonds. The molecule has 2 aromatic rings. The van der Waals surface area contributed by atoms with E-state index in [1.54, 1.807) is 12.1 Å². The number of carbonyl (C=O) groups excluding carboxylic acids is 1. The third kappa shape index (κ3) is 3.31. The van der Waals surface area contributed by atoms with E-state index in [-0.39, 0.29) is 18.2 Å². The van der Waals surface area contributed by atoms with E-state index in [9.17, 15) is 9.18 Å². The van der Waals surface area contributed by atoms with Crippen LogP contribution in [0.25, 0.3) is 0 Å². The summed E-state index contributed by atoms with van der Waals surface area (Å²) in [6.07, 6.45) is 4.88. The third-order valence-electron chi connectivity index (χ3n) is 4.64. The summed E-state index contributed by atoms with van der Waals surface area (Å²) in [6.45, 7) is 3.98. The first kappa shape index (κ1) is 15.8. The number of hydrogen-bond donors (Lipinski definition) is 0. The van der Waals surface area contributed by atoms with Crippen LogP contribution in [-0.4, -0.2) is 17.0 Å². The number of Topliss-reactive ketones (excluding diaryl/α,β-unsaturated/α-hetero) is 1. The number of nitrogens with zero attached hydrogens (tertiary/aromatic N) is 1. The average Bonchev–Trinajstić information content (AvgIpc) is 3.13. The van der Waals surface area contributed by atoms with Crippen LogP contribution in [0.4, 0.5) is 4.39 Å². The van der Waals surface area contributed by atoms with Crippen molar-refractivity contribution in [3.63, 3.8) is 0 Å². The molecule has 1 fully saturated rings. The van der Waals surface area contributed by atoms with E-state index in [1.807, 2.05) is 13.0 Å². The smallest absolute Gasteiger partial charge is 0.202 e. The van der Waals surface area contributed by atoms with Crippen LogP contribution in [0, 0.1) is 19.7 Å². The second-order valence-electron chi connectivity index (χ2n) is 6.26. The van der Waals surface area contributed by atoms with Crippen LogP contribution in [0.1, 0.15) is 53.5 Å². The number of hydrogen-bond acceptors (Lipinski definition) is 2. The van der Waals surface area contributed by atoms with Gasteiger partial charge in [0.1, 0.15) is 11.6 Å². The fraction of sp³-hybridized carbons (Fsp3) is 0.421. The Morgan fingerprint density at radius 2 is 2.00 bits per heavy atom. The molecule has 23 heavy (non-hydrogen) atoms. The van der Waals surface area contributed by atoms with Gasteiger partial charge in [-0.25, -0.2) is 4.39 Å². The zero-order valence-electron chi connectivity index (χ0n) is 13.6. The molecule has 3 rings (SSSR count). The maximum atomic E-state index is 13.1. The highest BCUT2D eigenvalue weighted by molar-refractivity contribution is 5.98. The minimum absolute atomic E-state index is 0.0633. The Hall–Kier alpha value is -2.10. The highest BCUT2D eigenvalue weighted by Crippen LogP contribution is 2.33. The van der Waals surface area contributed by atoms with E-state index in [0.717, 1.165) is 11.4 Å². The molecule has 1 aromatic heterocycles. The van der Waals surface area contributed by atoms with Crippen molar-refractivity contribution in [2.24, 2.45) is 0 Å².